The number of nitrogens with zero attached hydrogens (tertiary/aromatic N) is 1. The average molecular weight is 332 g/mol. The second-order valence-electron chi connectivity index (χ2n) is 5.59. The molecule has 5 heteroatoms. The van der Waals surface area contributed by atoms with Crippen molar-refractivity contribution in [2.24, 2.45) is 0 Å². The minimum Gasteiger partial charge on any atom is -0.207 e. The molecule has 21 heavy (non-hydrogen) atoms. The SMILES string of the molecule is CCCCCN(C(C)C)S(=O)(=O)c1cccc(CCl)c1C. The molecule has 0 radical (unpaired) electrons. The van der Waals surface area contributed by atoms with Crippen LogP contribution in [-0.4, -0.2) is 25.3 Å². The molecule has 120 valence electrons. The molecule has 1 rings (SSSR count). The third-order valence-corrected chi connectivity index (χ3v) is 6.19. The van der Waals surface area contributed by atoms with Gasteiger partial charge in [-0.15, -0.1) is 11.6 Å². The number of sulfonamides is 1. The van der Waals surface area contributed by atoms with E-state index < -0.39 is 10.0 Å². The van der Waals surface area contributed by atoms with Gasteiger partial charge in [-0.2, -0.15) is 4.31 Å². The van der Waals surface area contributed by atoms with Crippen LogP contribution in [0.2, 0.25) is 0 Å². The smallest absolute Gasteiger partial charge is 0.207 e. The van der Waals surface area contributed by atoms with E-state index in [0.717, 1.165) is 30.4 Å². The van der Waals surface area contributed by atoms with Gasteiger partial charge in [0.15, 0.2) is 0 Å². The van der Waals surface area contributed by atoms with Gasteiger partial charge in [0.1, 0.15) is 0 Å². The van der Waals surface area contributed by atoms with Crippen LogP contribution in [0.25, 0.3) is 0 Å². The van der Waals surface area contributed by atoms with E-state index in [4.69, 9.17) is 11.6 Å². The van der Waals surface area contributed by atoms with Crippen LogP contribution in [0.1, 0.15) is 51.2 Å². The number of rotatable bonds is 8. The molecule has 0 atom stereocenters. The Hall–Kier alpha value is -0.580. The third kappa shape index (κ3) is 4.44. The van der Waals surface area contributed by atoms with Crippen LogP contribution in [0.15, 0.2) is 23.1 Å². The first kappa shape index (κ1) is 18.5. The Bertz CT molecular complexity index is 555. The summed E-state index contributed by atoms with van der Waals surface area (Å²) in [5, 5.41) is 0. The van der Waals surface area contributed by atoms with Crippen LogP contribution in [0.5, 0.6) is 0 Å². The highest BCUT2D eigenvalue weighted by atomic mass is 35.5. The second-order valence-corrected chi connectivity index (χ2v) is 7.72. The second kappa shape index (κ2) is 8.16. The quantitative estimate of drug-likeness (QED) is 0.525. The molecule has 0 amide bonds. The molecule has 1 aromatic rings. The van der Waals surface area contributed by atoms with Crippen molar-refractivity contribution in [1.82, 2.24) is 4.31 Å². The maximum absolute atomic E-state index is 12.9. The number of benzene rings is 1. The van der Waals surface area contributed by atoms with Crippen molar-refractivity contribution in [3.8, 4) is 0 Å². The van der Waals surface area contributed by atoms with Gasteiger partial charge in [0.2, 0.25) is 10.0 Å². The van der Waals surface area contributed by atoms with Gasteiger partial charge in [-0.1, -0.05) is 31.9 Å². The van der Waals surface area contributed by atoms with Crippen molar-refractivity contribution in [1.29, 1.82) is 0 Å². The Morgan fingerprint density at radius 2 is 1.90 bits per heavy atom. The first-order valence-electron chi connectivity index (χ1n) is 7.52. The molecule has 0 unspecified atom stereocenters. The zero-order chi connectivity index (χ0) is 16.0. The average Bonchev–Trinajstić information content (AvgIpc) is 2.43. The van der Waals surface area contributed by atoms with E-state index in [1.165, 1.54) is 0 Å². The van der Waals surface area contributed by atoms with Crippen LogP contribution < -0.4 is 0 Å². The fraction of sp³-hybridized carbons (Fsp3) is 0.625. The molecule has 0 bridgehead atoms. The van der Waals surface area contributed by atoms with Gasteiger partial charge in [0, 0.05) is 18.5 Å². The van der Waals surface area contributed by atoms with Gasteiger partial charge in [0.25, 0.3) is 0 Å². The Labute approximate surface area is 134 Å². The van der Waals surface area contributed by atoms with Crippen molar-refractivity contribution in [3.05, 3.63) is 29.3 Å². The van der Waals surface area contributed by atoms with Crippen molar-refractivity contribution in [3.63, 3.8) is 0 Å². The molecular weight excluding hydrogens is 306 g/mol. The maximum Gasteiger partial charge on any atom is 0.243 e. The molecule has 0 aliphatic carbocycles. The first-order chi connectivity index (χ1) is 9.86. The number of hydrogen-bond donors (Lipinski definition) is 0. The molecule has 1 aromatic carbocycles. The topological polar surface area (TPSA) is 37.4 Å². The van der Waals surface area contributed by atoms with Gasteiger partial charge < -0.3 is 0 Å². The van der Waals surface area contributed by atoms with E-state index in [1.807, 2.05) is 26.8 Å². The molecule has 0 spiro atoms. The van der Waals surface area contributed by atoms with Crippen LogP contribution in [-0.2, 0) is 15.9 Å². The van der Waals surface area contributed by atoms with Crippen LogP contribution in [0.4, 0.5) is 0 Å². The van der Waals surface area contributed by atoms with Gasteiger partial charge >= 0.3 is 0 Å². The zero-order valence-corrected chi connectivity index (χ0v) is 15.0. The summed E-state index contributed by atoms with van der Waals surface area (Å²) in [5.41, 5.74) is 1.63. The Morgan fingerprint density at radius 1 is 1.24 bits per heavy atom. The maximum atomic E-state index is 12.9. The van der Waals surface area contributed by atoms with Gasteiger partial charge in [-0.05, 0) is 44.4 Å². The number of halogens is 1. The molecule has 3 nitrogen and oxygen atoms in total. The summed E-state index contributed by atoms with van der Waals surface area (Å²) >= 11 is 5.89. The summed E-state index contributed by atoms with van der Waals surface area (Å²) in [5.74, 6) is 0.326. The van der Waals surface area contributed by atoms with Crippen LogP contribution in [0.3, 0.4) is 0 Å². The molecule has 0 fully saturated rings. The van der Waals surface area contributed by atoms with Crippen molar-refractivity contribution in [2.45, 2.75) is 63.8 Å². The van der Waals surface area contributed by atoms with Crippen molar-refractivity contribution >= 4 is 21.6 Å². The fourth-order valence-electron chi connectivity index (χ4n) is 2.38. The summed E-state index contributed by atoms with van der Waals surface area (Å²) in [6, 6.07) is 5.27. The van der Waals surface area contributed by atoms with E-state index >= 15 is 0 Å². The summed E-state index contributed by atoms with van der Waals surface area (Å²) in [6.07, 6.45) is 3.01. The van der Waals surface area contributed by atoms with Gasteiger partial charge in [-0.3, -0.25) is 0 Å². The highest BCUT2D eigenvalue weighted by molar-refractivity contribution is 7.89. The molecule has 0 heterocycles. The van der Waals surface area contributed by atoms with Crippen molar-refractivity contribution in [2.75, 3.05) is 6.54 Å². The number of alkyl halides is 1. The fourth-order valence-corrected chi connectivity index (χ4v) is 4.62. The lowest BCUT2D eigenvalue weighted by atomic mass is 10.1. The predicted octanol–water partition coefficient (Wildman–Crippen LogP) is 4.32. The molecule has 0 saturated heterocycles. The normalized spacial score (nSPS) is 12.3. The largest absolute Gasteiger partial charge is 0.243 e. The highest BCUT2D eigenvalue weighted by Crippen LogP contribution is 2.25. The lowest BCUT2D eigenvalue weighted by Crippen LogP contribution is -2.38. The summed E-state index contributed by atoms with van der Waals surface area (Å²) in [7, 11) is -3.47. The standard InChI is InChI=1S/C16H26ClNO2S/c1-5-6-7-11-18(13(2)3)21(19,20)16-10-8-9-15(12-17)14(16)4/h8-10,13H,5-7,11-12H2,1-4H3. The van der Waals surface area contributed by atoms with Gasteiger partial charge in [0.05, 0.1) is 4.90 Å². The predicted molar refractivity (Wildman–Crippen MR) is 89.3 cm³/mol. The van der Waals surface area contributed by atoms with E-state index in [9.17, 15) is 8.42 Å². The number of unbranched alkanes of at least 4 members (excludes halogenated alkanes) is 2. The van der Waals surface area contributed by atoms with Crippen LogP contribution >= 0.6 is 11.6 Å². The lowest BCUT2D eigenvalue weighted by molar-refractivity contribution is 0.345. The Balaban J connectivity index is 3.17. The molecule has 0 aliphatic heterocycles. The molecule has 0 aliphatic rings. The summed E-state index contributed by atoms with van der Waals surface area (Å²) < 4.78 is 27.5. The third-order valence-electron chi connectivity index (χ3n) is 3.68. The summed E-state index contributed by atoms with van der Waals surface area (Å²) in [6.45, 7) is 8.35. The van der Waals surface area contributed by atoms with E-state index in [0.29, 0.717) is 17.3 Å². The summed E-state index contributed by atoms with van der Waals surface area (Å²) in [4.78, 5) is 0.380. The number of hydrogen-bond acceptors (Lipinski definition) is 2. The molecule has 0 saturated carbocycles. The lowest BCUT2D eigenvalue weighted by Gasteiger charge is -2.27. The Morgan fingerprint density at radius 3 is 2.43 bits per heavy atom. The minimum atomic E-state index is -3.47. The highest BCUT2D eigenvalue weighted by Gasteiger charge is 2.28. The first-order valence-corrected chi connectivity index (χ1v) is 9.50. The van der Waals surface area contributed by atoms with Crippen molar-refractivity contribution < 1.29 is 8.42 Å². The Kier molecular flexibility index (Phi) is 7.17. The molecule has 0 aromatic heterocycles. The molecule has 0 N–H and O–H groups in total. The zero-order valence-electron chi connectivity index (χ0n) is 13.4. The van der Waals surface area contributed by atoms with E-state index in [1.54, 1.807) is 16.4 Å². The minimum absolute atomic E-state index is 0.0501. The van der Waals surface area contributed by atoms with E-state index in [2.05, 4.69) is 6.92 Å². The van der Waals surface area contributed by atoms with E-state index in [-0.39, 0.29) is 6.04 Å². The molecular formula is C16H26ClNO2S. The van der Waals surface area contributed by atoms with Gasteiger partial charge in [-0.25, -0.2) is 8.42 Å². The van der Waals surface area contributed by atoms with Crippen LogP contribution in [0, 0.1) is 6.92 Å². The monoisotopic (exact) mass is 331 g/mol.